The number of hydrogen-bond donors (Lipinski definition) is 0. The molecule has 4 atom stereocenters. The molecule has 2 aliphatic heterocycles. The second-order valence-corrected chi connectivity index (χ2v) is 7.04. The van der Waals surface area contributed by atoms with Crippen LogP contribution in [0.2, 0.25) is 0 Å². The molecule has 2 rings (SSSR count). The van der Waals surface area contributed by atoms with E-state index in [2.05, 4.69) is 0 Å². The molecule has 0 amide bonds. The summed E-state index contributed by atoms with van der Waals surface area (Å²) in [4.78, 5) is 24.4. The molecule has 2 heterocycles. The predicted octanol–water partition coefficient (Wildman–Crippen LogP) is 1.45. The van der Waals surface area contributed by atoms with Crippen LogP contribution < -0.4 is 0 Å². The van der Waals surface area contributed by atoms with Crippen LogP contribution in [-0.2, 0) is 28.5 Å². The third-order valence-electron chi connectivity index (χ3n) is 3.73. The van der Waals surface area contributed by atoms with Gasteiger partial charge in [0, 0.05) is 12.5 Å². The van der Waals surface area contributed by atoms with Crippen LogP contribution in [0.15, 0.2) is 0 Å². The van der Waals surface area contributed by atoms with Crippen LogP contribution in [0.5, 0.6) is 0 Å². The van der Waals surface area contributed by atoms with Gasteiger partial charge in [0.05, 0.1) is 6.42 Å². The molecule has 2 aliphatic rings. The third-order valence-corrected chi connectivity index (χ3v) is 3.73. The highest BCUT2D eigenvalue weighted by molar-refractivity contribution is 6.03. The number of ether oxygens (including phenoxy) is 4. The Morgan fingerprint density at radius 2 is 1.71 bits per heavy atom. The van der Waals surface area contributed by atoms with Gasteiger partial charge in [0.1, 0.15) is 24.1 Å². The Hall–Kier alpha value is -0.820. The van der Waals surface area contributed by atoms with Crippen LogP contribution in [-0.4, -0.2) is 49.1 Å². The van der Waals surface area contributed by atoms with Gasteiger partial charge in [-0.05, 0) is 13.8 Å². The lowest BCUT2D eigenvalue weighted by molar-refractivity contribution is -0.225. The van der Waals surface area contributed by atoms with Gasteiger partial charge in [0.15, 0.2) is 17.9 Å². The molecule has 120 valence electrons. The first-order valence-corrected chi connectivity index (χ1v) is 7.15. The summed E-state index contributed by atoms with van der Waals surface area (Å²) in [6.45, 7) is 8.92. The van der Waals surface area contributed by atoms with Crippen LogP contribution in [0.3, 0.4) is 0 Å². The summed E-state index contributed by atoms with van der Waals surface area (Å²) in [5.41, 5.74) is -0.555. The van der Waals surface area contributed by atoms with Gasteiger partial charge < -0.3 is 18.9 Å². The summed E-state index contributed by atoms with van der Waals surface area (Å²) in [7, 11) is 1.49. The van der Waals surface area contributed by atoms with Gasteiger partial charge in [-0.1, -0.05) is 20.8 Å². The minimum atomic E-state index is -0.826. The van der Waals surface area contributed by atoms with E-state index in [1.165, 1.54) is 7.11 Å². The monoisotopic (exact) mass is 300 g/mol. The number of fused-ring (bicyclic) bond motifs is 1. The number of methoxy groups -OCH3 is 1. The van der Waals surface area contributed by atoms with Crippen molar-refractivity contribution in [3.05, 3.63) is 0 Å². The van der Waals surface area contributed by atoms with E-state index < -0.39 is 35.8 Å². The first kappa shape index (κ1) is 16.5. The lowest BCUT2D eigenvalue weighted by Crippen LogP contribution is -2.38. The summed E-state index contributed by atoms with van der Waals surface area (Å²) < 4.78 is 22.2. The molecule has 0 bridgehead atoms. The third kappa shape index (κ3) is 3.34. The van der Waals surface area contributed by atoms with E-state index in [0.29, 0.717) is 0 Å². The fourth-order valence-corrected chi connectivity index (χ4v) is 2.53. The standard InChI is InChI=1S/C15H24O6/c1-14(2,3)9(17)7-8(16)10-11-12(13(18-6)19-10)21-15(4,5)20-11/h10-13H,7H2,1-6H3/t10-,11-,12-,13-/m1/s1. The zero-order chi connectivity index (χ0) is 16.0. The minimum Gasteiger partial charge on any atom is -0.353 e. The van der Waals surface area contributed by atoms with Crippen molar-refractivity contribution in [1.82, 2.24) is 0 Å². The van der Waals surface area contributed by atoms with Crippen molar-refractivity contribution < 1.29 is 28.5 Å². The van der Waals surface area contributed by atoms with Crippen LogP contribution in [0, 0.1) is 5.41 Å². The van der Waals surface area contributed by atoms with Crippen molar-refractivity contribution in [3.8, 4) is 0 Å². The predicted molar refractivity (Wildman–Crippen MR) is 73.6 cm³/mol. The van der Waals surface area contributed by atoms with E-state index in [1.54, 1.807) is 34.6 Å². The fourth-order valence-electron chi connectivity index (χ4n) is 2.53. The van der Waals surface area contributed by atoms with Crippen molar-refractivity contribution in [1.29, 1.82) is 0 Å². The number of rotatable bonds is 4. The van der Waals surface area contributed by atoms with E-state index in [-0.39, 0.29) is 18.0 Å². The van der Waals surface area contributed by atoms with E-state index in [0.717, 1.165) is 0 Å². The molecule has 0 spiro atoms. The molecular weight excluding hydrogens is 276 g/mol. The molecule has 21 heavy (non-hydrogen) atoms. The maximum atomic E-state index is 12.4. The number of carbonyl (C=O) groups excluding carboxylic acids is 2. The Bertz CT molecular complexity index is 436. The number of Topliss-reactive ketones (excluding diaryl/α,β-unsaturated/α-hetero) is 2. The van der Waals surface area contributed by atoms with Crippen LogP contribution in [0.1, 0.15) is 41.0 Å². The second-order valence-electron chi connectivity index (χ2n) is 7.04. The first-order valence-electron chi connectivity index (χ1n) is 7.15. The smallest absolute Gasteiger partial charge is 0.187 e. The molecule has 0 N–H and O–H groups in total. The topological polar surface area (TPSA) is 71.1 Å². The van der Waals surface area contributed by atoms with E-state index in [9.17, 15) is 9.59 Å². The average Bonchev–Trinajstić information content (AvgIpc) is 2.80. The zero-order valence-corrected chi connectivity index (χ0v) is 13.5. The minimum absolute atomic E-state index is 0.119. The van der Waals surface area contributed by atoms with E-state index in [4.69, 9.17) is 18.9 Å². The van der Waals surface area contributed by atoms with Crippen molar-refractivity contribution in [2.75, 3.05) is 7.11 Å². The Kier molecular flexibility index (Phi) is 4.28. The van der Waals surface area contributed by atoms with Crippen molar-refractivity contribution in [2.45, 2.75) is 71.4 Å². The normalized spacial score (nSPS) is 34.8. The highest BCUT2D eigenvalue weighted by Gasteiger charge is 2.57. The van der Waals surface area contributed by atoms with Crippen LogP contribution in [0.4, 0.5) is 0 Å². The van der Waals surface area contributed by atoms with Gasteiger partial charge >= 0.3 is 0 Å². The summed E-state index contributed by atoms with van der Waals surface area (Å²) in [6, 6.07) is 0. The molecule has 6 nitrogen and oxygen atoms in total. The summed E-state index contributed by atoms with van der Waals surface area (Å²) in [6.07, 6.45) is -2.64. The highest BCUT2D eigenvalue weighted by atomic mass is 16.8. The fraction of sp³-hybridized carbons (Fsp3) is 0.867. The molecule has 2 saturated heterocycles. The van der Waals surface area contributed by atoms with Crippen molar-refractivity contribution >= 4 is 11.6 Å². The summed E-state index contributed by atoms with van der Waals surface area (Å²) in [5.74, 6) is -1.19. The Morgan fingerprint density at radius 3 is 2.24 bits per heavy atom. The van der Waals surface area contributed by atoms with Gasteiger partial charge in [0.25, 0.3) is 0 Å². The Balaban J connectivity index is 2.10. The first-order chi connectivity index (χ1) is 9.55. The van der Waals surface area contributed by atoms with Crippen molar-refractivity contribution in [3.63, 3.8) is 0 Å². The zero-order valence-electron chi connectivity index (χ0n) is 13.5. The van der Waals surface area contributed by atoms with Gasteiger partial charge in [0.2, 0.25) is 0 Å². The molecule has 0 aromatic carbocycles. The Morgan fingerprint density at radius 1 is 1.14 bits per heavy atom. The van der Waals surface area contributed by atoms with Gasteiger partial charge in [-0.15, -0.1) is 0 Å². The second kappa shape index (κ2) is 5.43. The molecule has 0 aliphatic carbocycles. The lowest BCUT2D eigenvalue weighted by atomic mass is 9.87. The van der Waals surface area contributed by atoms with Gasteiger partial charge in [-0.25, -0.2) is 0 Å². The molecule has 0 aromatic heterocycles. The molecule has 0 radical (unpaired) electrons. The Labute approximate surface area is 125 Å². The quantitative estimate of drug-likeness (QED) is 0.732. The van der Waals surface area contributed by atoms with Gasteiger partial charge in [-0.2, -0.15) is 0 Å². The van der Waals surface area contributed by atoms with Crippen molar-refractivity contribution in [2.24, 2.45) is 5.41 Å². The van der Waals surface area contributed by atoms with Crippen LogP contribution >= 0.6 is 0 Å². The average molecular weight is 300 g/mol. The maximum Gasteiger partial charge on any atom is 0.187 e. The maximum absolute atomic E-state index is 12.4. The van der Waals surface area contributed by atoms with E-state index >= 15 is 0 Å². The molecule has 0 unspecified atom stereocenters. The molecular formula is C15H24O6. The highest BCUT2D eigenvalue weighted by Crippen LogP contribution is 2.39. The molecule has 0 saturated carbocycles. The molecule has 6 heteroatoms. The number of hydrogen-bond acceptors (Lipinski definition) is 6. The number of carbonyl (C=O) groups is 2. The largest absolute Gasteiger partial charge is 0.353 e. The summed E-state index contributed by atoms with van der Waals surface area (Å²) >= 11 is 0. The molecule has 2 fully saturated rings. The van der Waals surface area contributed by atoms with E-state index in [1.807, 2.05) is 0 Å². The lowest BCUT2D eigenvalue weighted by Gasteiger charge is -2.23. The van der Waals surface area contributed by atoms with Gasteiger partial charge in [-0.3, -0.25) is 9.59 Å². The summed E-state index contributed by atoms with van der Waals surface area (Å²) in [5, 5.41) is 0. The SMILES string of the molecule is CO[C@@H]1O[C@H](C(=O)CC(=O)C(C)(C)C)[C@H]2OC(C)(C)O[C@@H]12. The number of ketones is 2. The molecule has 0 aromatic rings. The van der Waals surface area contributed by atoms with Crippen LogP contribution in [0.25, 0.3) is 0 Å².